The molecule has 0 fully saturated rings. The van der Waals surface area contributed by atoms with Crippen LogP contribution in [0, 0.1) is 0 Å². The van der Waals surface area contributed by atoms with Gasteiger partial charge in [-0.15, -0.1) is 0 Å². The molecule has 0 aliphatic carbocycles. The largest absolute Gasteiger partial charge is 0.497 e. The van der Waals surface area contributed by atoms with Crippen LogP contribution in [0.5, 0.6) is 17.2 Å². The van der Waals surface area contributed by atoms with Gasteiger partial charge in [-0.25, -0.2) is 0 Å². The standard InChI is InChI=1S/C22H22BrNO3/c1-25-19-10-8-18(9-11-19)24-14-17-12-20(23)22(21(13-17)26-2)27-15-16-6-4-3-5-7-16/h3-13,24H,14-15H2,1-2H3. The summed E-state index contributed by atoms with van der Waals surface area (Å²) in [5.74, 6) is 2.24. The molecule has 0 aromatic heterocycles. The number of methoxy groups -OCH3 is 2. The third kappa shape index (κ3) is 5.17. The zero-order valence-corrected chi connectivity index (χ0v) is 17.0. The van der Waals surface area contributed by atoms with Crippen LogP contribution >= 0.6 is 15.9 Å². The second-order valence-electron chi connectivity index (χ2n) is 5.97. The van der Waals surface area contributed by atoms with Crippen molar-refractivity contribution in [2.75, 3.05) is 19.5 Å². The van der Waals surface area contributed by atoms with Crippen molar-refractivity contribution < 1.29 is 14.2 Å². The van der Waals surface area contributed by atoms with Gasteiger partial charge in [0.05, 0.1) is 18.7 Å². The molecule has 0 saturated carbocycles. The van der Waals surface area contributed by atoms with Crippen LogP contribution < -0.4 is 19.5 Å². The number of anilines is 1. The first kappa shape index (κ1) is 19.1. The minimum Gasteiger partial charge on any atom is -0.497 e. The van der Waals surface area contributed by atoms with E-state index in [1.165, 1.54) is 0 Å². The normalized spacial score (nSPS) is 10.3. The van der Waals surface area contributed by atoms with E-state index in [2.05, 4.69) is 21.2 Å². The van der Waals surface area contributed by atoms with E-state index in [0.717, 1.165) is 27.0 Å². The van der Waals surface area contributed by atoms with Crippen molar-refractivity contribution in [1.82, 2.24) is 0 Å². The third-order valence-corrected chi connectivity index (χ3v) is 4.69. The van der Waals surface area contributed by atoms with Crippen molar-refractivity contribution in [2.45, 2.75) is 13.2 Å². The van der Waals surface area contributed by atoms with Gasteiger partial charge in [-0.2, -0.15) is 0 Å². The summed E-state index contributed by atoms with van der Waals surface area (Å²) in [5.41, 5.74) is 3.22. The Morgan fingerprint density at radius 3 is 2.26 bits per heavy atom. The minimum atomic E-state index is 0.485. The van der Waals surface area contributed by atoms with Crippen LogP contribution in [0.1, 0.15) is 11.1 Å². The molecule has 0 atom stereocenters. The number of hydrogen-bond acceptors (Lipinski definition) is 4. The van der Waals surface area contributed by atoms with Gasteiger partial charge >= 0.3 is 0 Å². The molecule has 0 aliphatic rings. The van der Waals surface area contributed by atoms with Crippen molar-refractivity contribution in [1.29, 1.82) is 0 Å². The van der Waals surface area contributed by atoms with Gasteiger partial charge in [0, 0.05) is 12.2 Å². The fourth-order valence-corrected chi connectivity index (χ4v) is 3.26. The molecular formula is C22H22BrNO3. The van der Waals surface area contributed by atoms with Crippen LogP contribution in [0.4, 0.5) is 5.69 Å². The molecule has 3 aromatic carbocycles. The highest BCUT2D eigenvalue weighted by Crippen LogP contribution is 2.37. The lowest BCUT2D eigenvalue weighted by Crippen LogP contribution is -2.02. The van der Waals surface area contributed by atoms with E-state index in [-0.39, 0.29) is 0 Å². The van der Waals surface area contributed by atoms with E-state index < -0.39 is 0 Å². The van der Waals surface area contributed by atoms with Gasteiger partial charge in [0.1, 0.15) is 12.4 Å². The Balaban J connectivity index is 1.69. The summed E-state index contributed by atoms with van der Waals surface area (Å²) in [6, 6.07) is 21.9. The molecule has 0 heterocycles. The Bertz CT molecular complexity index is 867. The summed E-state index contributed by atoms with van der Waals surface area (Å²) < 4.78 is 17.6. The quantitative estimate of drug-likeness (QED) is 0.503. The molecule has 0 amide bonds. The monoisotopic (exact) mass is 427 g/mol. The van der Waals surface area contributed by atoms with Gasteiger partial charge in [-0.3, -0.25) is 0 Å². The lowest BCUT2D eigenvalue weighted by atomic mass is 10.2. The molecule has 0 bridgehead atoms. The van der Waals surface area contributed by atoms with Crippen LogP contribution in [0.25, 0.3) is 0 Å². The molecule has 5 heteroatoms. The van der Waals surface area contributed by atoms with Crippen molar-refractivity contribution in [2.24, 2.45) is 0 Å². The van der Waals surface area contributed by atoms with E-state index in [4.69, 9.17) is 14.2 Å². The summed E-state index contributed by atoms with van der Waals surface area (Å²) >= 11 is 3.61. The number of nitrogens with one attached hydrogen (secondary N) is 1. The van der Waals surface area contributed by atoms with Gasteiger partial charge in [-0.1, -0.05) is 30.3 Å². The van der Waals surface area contributed by atoms with Gasteiger partial charge in [-0.05, 0) is 63.5 Å². The van der Waals surface area contributed by atoms with Gasteiger partial charge in [0.25, 0.3) is 0 Å². The Morgan fingerprint density at radius 2 is 1.59 bits per heavy atom. The van der Waals surface area contributed by atoms with E-state index >= 15 is 0 Å². The first-order chi connectivity index (χ1) is 13.2. The molecule has 0 saturated heterocycles. The summed E-state index contributed by atoms with van der Waals surface area (Å²) in [5, 5.41) is 3.40. The molecule has 0 unspecified atom stereocenters. The summed E-state index contributed by atoms with van der Waals surface area (Å²) in [7, 11) is 3.31. The molecule has 3 rings (SSSR count). The maximum atomic E-state index is 5.98. The minimum absolute atomic E-state index is 0.485. The van der Waals surface area contributed by atoms with Crippen molar-refractivity contribution >= 4 is 21.6 Å². The molecule has 3 aromatic rings. The van der Waals surface area contributed by atoms with Crippen LogP contribution in [-0.2, 0) is 13.2 Å². The van der Waals surface area contributed by atoms with Crippen molar-refractivity contribution in [3.8, 4) is 17.2 Å². The highest BCUT2D eigenvalue weighted by molar-refractivity contribution is 9.10. The Morgan fingerprint density at radius 1 is 0.852 bits per heavy atom. The molecule has 27 heavy (non-hydrogen) atoms. The first-order valence-corrected chi connectivity index (χ1v) is 9.40. The zero-order valence-electron chi connectivity index (χ0n) is 15.4. The van der Waals surface area contributed by atoms with Crippen molar-refractivity contribution in [3.05, 3.63) is 82.3 Å². The second kappa shape index (κ2) is 9.33. The Hall–Kier alpha value is -2.66. The molecular weight excluding hydrogens is 406 g/mol. The van der Waals surface area contributed by atoms with Crippen molar-refractivity contribution in [3.63, 3.8) is 0 Å². The number of hydrogen-bond donors (Lipinski definition) is 1. The number of ether oxygens (including phenoxy) is 3. The lowest BCUT2D eigenvalue weighted by Gasteiger charge is -2.15. The SMILES string of the molecule is COc1ccc(NCc2cc(Br)c(OCc3ccccc3)c(OC)c2)cc1. The number of rotatable bonds is 8. The average Bonchev–Trinajstić information content (AvgIpc) is 2.72. The van der Waals surface area contributed by atoms with Gasteiger partial charge < -0.3 is 19.5 Å². The maximum Gasteiger partial charge on any atom is 0.175 e. The second-order valence-corrected chi connectivity index (χ2v) is 6.82. The predicted octanol–water partition coefficient (Wildman–Crippen LogP) is 5.66. The highest BCUT2D eigenvalue weighted by atomic mass is 79.9. The van der Waals surface area contributed by atoms with Crippen LogP contribution in [-0.4, -0.2) is 14.2 Å². The van der Waals surface area contributed by atoms with E-state index in [0.29, 0.717) is 24.7 Å². The Labute approximate surface area is 168 Å². The summed E-state index contributed by atoms with van der Waals surface area (Å²) in [6.45, 7) is 1.15. The summed E-state index contributed by atoms with van der Waals surface area (Å²) in [4.78, 5) is 0. The highest BCUT2D eigenvalue weighted by Gasteiger charge is 2.12. The zero-order chi connectivity index (χ0) is 19.1. The molecule has 4 nitrogen and oxygen atoms in total. The average molecular weight is 428 g/mol. The molecule has 0 aliphatic heterocycles. The van der Waals surface area contributed by atoms with E-state index in [9.17, 15) is 0 Å². The van der Waals surface area contributed by atoms with Crippen LogP contribution in [0.3, 0.4) is 0 Å². The topological polar surface area (TPSA) is 39.7 Å². The van der Waals surface area contributed by atoms with Crippen LogP contribution in [0.2, 0.25) is 0 Å². The molecule has 140 valence electrons. The fourth-order valence-electron chi connectivity index (χ4n) is 2.66. The number of benzene rings is 3. The van der Waals surface area contributed by atoms with E-state index in [1.807, 2.05) is 66.7 Å². The predicted molar refractivity (Wildman–Crippen MR) is 112 cm³/mol. The molecule has 0 radical (unpaired) electrons. The first-order valence-electron chi connectivity index (χ1n) is 8.60. The fraction of sp³-hybridized carbons (Fsp3) is 0.182. The molecule has 1 N–H and O–H groups in total. The van der Waals surface area contributed by atoms with Crippen LogP contribution in [0.15, 0.2) is 71.2 Å². The summed E-state index contributed by atoms with van der Waals surface area (Å²) in [6.07, 6.45) is 0. The smallest absolute Gasteiger partial charge is 0.175 e. The van der Waals surface area contributed by atoms with Gasteiger partial charge in [0.15, 0.2) is 11.5 Å². The number of halogens is 1. The third-order valence-electron chi connectivity index (χ3n) is 4.10. The van der Waals surface area contributed by atoms with Gasteiger partial charge in [0.2, 0.25) is 0 Å². The maximum absolute atomic E-state index is 5.98. The Kier molecular flexibility index (Phi) is 6.60. The lowest BCUT2D eigenvalue weighted by molar-refractivity contribution is 0.282. The molecule has 0 spiro atoms. The van der Waals surface area contributed by atoms with E-state index in [1.54, 1.807) is 14.2 Å².